The van der Waals surface area contributed by atoms with Gasteiger partial charge in [0, 0.05) is 31.0 Å². The monoisotopic (exact) mass is 265 g/mol. The first kappa shape index (κ1) is 14.0. The highest BCUT2D eigenvalue weighted by atomic mass is 16.1. The van der Waals surface area contributed by atoms with Gasteiger partial charge in [-0.2, -0.15) is 0 Å². The quantitative estimate of drug-likeness (QED) is 0.818. The Hall–Kier alpha value is -1.43. The van der Waals surface area contributed by atoms with Crippen molar-refractivity contribution in [2.24, 2.45) is 11.7 Å². The predicted octanol–water partition coefficient (Wildman–Crippen LogP) is 0.645. The van der Waals surface area contributed by atoms with Gasteiger partial charge in [-0.3, -0.25) is 4.79 Å². The summed E-state index contributed by atoms with van der Waals surface area (Å²) >= 11 is 0. The SMILES string of the molecule is CC(C)c1nncn1CCNC(=O)C1CCC(N)C1. The minimum Gasteiger partial charge on any atom is -0.354 e. The summed E-state index contributed by atoms with van der Waals surface area (Å²) in [6.45, 7) is 5.49. The van der Waals surface area contributed by atoms with Crippen molar-refractivity contribution in [3.05, 3.63) is 12.2 Å². The molecule has 6 nitrogen and oxygen atoms in total. The Morgan fingerprint density at radius 3 is 3.00 bits per heavy atom. The molecule has 2 atom stereocenters. The Morgan fingerprint density at radius 1 is 1.58 bits per heavy atom. The maximum atomic E-state index is 11.9. The first-order valence-electron chi connectivity index (χ1n) is 6.99. The molecule has 19 heavy (non-hydrogen) atoms. The fourth-order valence-corrected chi connectivity index (χ4v) is 2.58. The molecule has 1 fully saturated rings. The maximum Gasteiger partial charge on any atom is 0.223 e. The van der Waals surface area contributed by atoms with E-state index in [1.807, 2.05) is 4.57 Å². The average molecular weight is 265 g/mol. The normalized spacial score (nSPS) is 22.9. The van der Waals surface area contributed by atoms with Gasteiger partial charge >= 0.3 is 0 Å². The van der Waals surface area contributed by atoms with Crippen LogP contribution in [0.5, 0.6) is 0 Å². The number of nitrogens with zero attached hydrogens (tertiary/aromatic N) is 3. The van der Waals surface area contributed by atoms with Crippen molar-refractivity contribution in [2.75, 3.05) is 6.54 Å². The fourth-order valence-electron chi connectivity index (χ4n) is 2.58. The Morgan fingerprint density at radius 2 is 2.37 bits per heavy atom. The Kier molecular flexibility index (Phi) is 4.52. The van der Waals surface area contributed by atoms with Gasteiger partial charge in [0.15, 0.2) is 0 Å². The van der Waals surface area contributed by atoms with E-state index in [0.29, 0.717) is 19.0 Å². The minimum absolute atomic E-state index is 0.0977. The number of rotatable bonds is 5. The molecule has 2 unspecified atom stereocenters. The maximum absolute atomic E-state index is 11.9. The molecule has 1 aromatic heterocycles. The lowest BCUT2D eigenvalue weighted by atomic mass is 10.1. The summed E-state index contributed by atoms with van der Waals surface area (Å²) in [5.41, 5.74) is 5.82. The van der Waals surface area contributed by atoms with E-state index in [4.69, 9.17) is 5.73 Å². The van der Waals surface area contributed by atoms with E-state index in [9.17, 15) is 4.79 Å². The highest BCUT2D eigenvalue weighted by Crippen LogP contribution is 2.23. The van der Waals surface area contributed by atoms with E-state index in [2.05, 4.69) is 29.4 Å². The van der Waals surface area contributed by atoms with Crippen LogP contribution >= 0.6 is 0 Å². The van der Waals surface area contributed by atoms with E-state index < -0.39 is 0 Å². The summed E-state index contributed by atoms with van der Waals surface area (Å²) in [4.78, 5) is 11.9. The zero-order valence-electron chi connectivity index (χ0n) is 11.7. The zero-order valence-corrected chi connectivity index (χ0v) is 11.7. The van der Waals surface area contributed by atoms with Crippen LogP contribution in [-0.2, 0) is 11.3 Å². The summed E-state index contributed by atoms with van der Waals surface area (Å²) in [5, 5.41) is 11.0. The molecule has 1 saturated carbocycles. The Labute approximate surface area is 113 Å². The molecular weight excluding hydrogens is 242 g/mol. The molecule has 0 bridgehead atoms. The molecule has 0 aliphatic heterocycles. The molecule has 106 valence electrons. The molecule has 0 saturated heterocycles. The van der Waals surface area contributed by atoms with Gasteiger partial charge in [-0.25, -0.2) is 0 Å². The smallest absolute Gasteiger partial charge is 0.223 e. The summed E-state index contributed by atoms with van der Waals surface area (Å²) in [6.07, 6.45) is 4.40. The molecular formula is C13H23N5O. The molecule has 1 aromatic rings. The van der Waals surface area contributed by atoms with E-state index in [1.165, 1.54) is 0 Å². The number of amides is 1. The number of carbonyl (C=O) groups is 1. The molecule has 1 amide bonds. The van der Waals surface area contributed by atoms with Crippen molar-refractivity contribution in [1.29, 1.82) is 0 Å². The second kappa shape index (κ2) is 6.14. The first-order valence-corrected chi connectivity index (χ1v) is 6.99. The van der Waals surface area contributed by atoms with Gasteiger partial charge in [0.2, 0.25) is 5.91 Å². The predicted molar refractivity (Wildman–Crippen MR) is 72.4 cm³/mol. The minimum atomic E-state index is 0.0977. The van der Waals surface area contributed by atoms with E-state index in [1.54, 1.807) is 6.33 Å². The molecule has 2 rings (SSSR count). The lowest BCUT2D eigenvalue weighted by Crippen LogP contribution is -2.33. The van der Waals surface area contributed by atoms with Crippen molar-refractivity contribution >= 4 is 5.91 Å². The van der Waals surface area contributed by atoms with Crippen molar-refractivity contribution < 1.29 is 4.79 Å². The van der Waals surface area contributed by atoms with Crippen molar-refractivity contribution in [2.45, 2.75) is 51.6 Å². The molecule has 0 aromatic carbocycles. The van der Waals surface area contributed by atoms with Crippen LogP contribution in [0.4, 0.5) is 0 Å². The van der Waals surface area contributed by atoms with E-state index >= 15 is 0 Å². The standard InChI is InChI=1S/C13H23N5O/c1-9(2)12-17-16-8-18(12)6-5-15-13(19)10-3-4-11(14)7-10/h8-11H,3-7,14H2,1-2H3,(H,15,19). The van der Waals surface area contributed by atoms with Crippen LogP contribution in [-0.4, -0.2) is 33.3 Å². The second-order valence-electron chi connectivity index (χ2n) is 5.60. The van der Waals surface area contributed by atoms with Crippen molar-refractivity contribution in [3.8, 4) is 0 Å². The molecule has 1 aliphatic rings. The number of nitrogens with two attached hydrogens (primary N) is 1. The van der Waals surface area contributed by atoms with Gasteiger partial charge in [0.05, 0.1) is 0 Å². The molecule has 6 heteroatoms. The third kappa shape index (κ3) is 3.53. The zero-order chi connectivity index (χ0) is 13.8. The van der Waals surface area contributed by atoms with Crippen LogP contribution in [0.3, 0.4) is 0 Å². The summed E-state index contributed by atoms with van der Waals surface area (Å²) in [6, 6.07) is 0.196. The van der Waals surface area contributed by atoms with E-state index in [0.717, 1.165) is 25.1 Å². The lowest BCUT2D eigenvalue weighted by molar-refractivity contribution is -0.124. The van der Waals surface area contributed by atoms with Crippen LogP contribution in [0.2, 0.25) is 0 Å². The number of hydrogen-bond acceptors (Lipinski definition) is 4. The fraction of sp³-hybridized carbons (Fsp3) is 0.769. The molecule has 0 spiro atoms. The summed E-state index contributed by atoms with van der Waals surface area (Å²) < 4.78 is 1.99. The number of nitrogens with one attached hydrogen (secondary N) is 1. The van der Waals surface area contributed by atoms with E-state index in [-0.39, 0.29) is 17.9 Å². The molecule has 0 radical (unpaired) electrons. The second-order valence-corrected chi connectivity index (χ2v) is 5.60. The number of aromatic nitrogens is 3. The third-order valence-electron chi connectivity index (χ3n) is 3.66. The number of carbonyl (C=O) groups excluding carboxylic acids is 1. The summed E-state index contributed by atoms with van der Waals surface area (Å²) in [7, 11) is 0. The first-order chi connectivity index (χ1) is 9.08. The summed E-state index contributed by atoms with van der Waals surface area (Å²) in [5.74, 6) is 1.52. The highest BCUT2D eigenvalue weighted by molar-refractivity contribution is 5.78. The van der Waals surface area contributed by atoms with Crippen LogP contribution in [0.1, 0.15) is 44.9 Å². The van der Waals surface area contributed by atoms with Crippen LogP contribution in [0.15, 0.2) is 6.33 Å². The van der Waals surface area contributed by atoms with Gasteiger partial charge in [-0.1, -0.05) is 13.8 Å². The van der Waals surface area contributed by atoms with Crippen molar-refractivity contribution in [3.63, 3.8) is 0 Å². The van der Waals surface area contributed by atoms with Crippen LogP contribution < -0.4 is 11.1 Å². The Bertz CT molecular complexity index is 428. The lowest BCUT2D eigenvalue weighted by Gasteiger charge is -2.12. The van der Waals surface area contributed by atoms with Crippen molar-refractivity contribution in [1.82, 2.24) is 20.1 Å². The Balaban J connectivity index is 1.77. The topological polar surface area (TPSA) is 85.8 Å². The van der Waals surface area contributed by atoms with Gasteiger partial charge < -0.3 is 15.6 Å². The van der Waals surface area contributed by atoms with Crippen LogP contribution in [0.25, 0.3) is 0 Å². The third-order valence-corrected chi connectivity index (χ3v) is 3.66. The van der Waals surface area contributed by atoms with Gasteiger partial charge in [-0.05, 0) is 19.3 Å². The van der Waals surface area contributed by atoms with Crippen LogP contribution in [0, 0.1) is 5.92 Å². The molecule has 1 aliphatic carbocycles. The largest absolute Gasteiger partial charge is 0.354 e. The van der Waals surface area contributed by atoms with Gasteiger partial charge in [0.1, 0.15) is 12.2 Å². The molecule has 1 heterocycles. The van der Waals surface area contributed by atoms with Gasteiger partial charge in [0.25, 0.3) is 0 Å². The van der Waals surface area contributed by atoms with Gasteiger partial charge in [-0.15, -0.1) is 10.2 Å². The average Bonchev–Trinajstić information content (AvgIpc) is 2.97. The number of hydrogen-bond donors (Lipinski definition) is 2. The molecule has 3 N–H and O–H groups in total. The highest BCUT2D eigenvalue weighted by Gasteiger charge is 2.27.